The number of nitrogens with one attached hydrogen (secondary N) is 3. The lowest BCUT2D eigenvalue weighted by atomic mass is 10.0. The average molecular weight is 386 g/mol. The fourth-order valence-corrected chi connectivity index (χ4v) is 3.38. The first-order valence-corrected chi connectivity index (χ1v) is 10.7. The molecule has 1 aromatic rings. The zero-order chi connectivity index (χ0) is 20.8. The van der Waals surface area contributed by atoms with Crippen LogP contribution in [0.1, 0.15) is 64.9 Å². The SMILES string of the molecule is C=C(CCC(Cc1ccccc1)NC=O)NC(CCC)C(=C)NC(CC)CC. The Kier molecular flexibility index (Phi) is 11.8. The minimum Gasteiger partial charge on any atom is -0.384 e. The maximum Gasteiger partial charge on any atom is 0.207 e. The third-order valence-corrected chi connectivity index (χ3v) is 5.17. The molecule has 0 radical (unpaired) electrons. The molecule has 4 nitrogen and oxygen atoms in total. The summed E-state index contributed by atoms with van der Waals surface area (Å²) in [6.07, 6.45) is 7.57. The molecule has 0 aromatic heterocycles. The number of amides is 1. The highest BCUT2D eigenvalue weighted by Gasteiger charge is 2.16. The molecule has 0 saturated carbocycles. The second kappa shape index (κ2) is 13.9. The van der Waals surface area contributed by atoms with Gasteiger partial charge in [0.1, 0.15) is 0 Å². The van der Waals surface area contributed by atoms with Gasteiger partial charge < -0.3 is 16.0 Å². The van der Waals surface area contributed by atoms with E-state index < -0.39 is 0 Å². The minimum atomic E-state index is 0.106. The van der Waals surface area contributed by atoms with Crippen molar-refractivity contribution < 1.29 is 4.79 Å². The summed E-state index contributed by atoms with van der Waals surface area (Å²) in [6, 6.07) is 11.0. The van der Waals surface area contributed by atoms with Crippen LogP contribution >= 0.6 is 0 Å². The van der Waals surface area contributed by atoms with Crippen LogP contribution in [-0.2, 0) is 11.2 Å². The molecule has 2 unspecified atom stereocenters. The zero-order valence-electron chi connectivity index (χ0n) is 18.0. The lowest BCUT2D eigenvalue weighted by Gasteiger charge is -2.28. The first kappa shape index (κ1) is 23.8. The van der Waals surface area contributed by atoms with Crippen molar-refractivity contribution in [3.05, 3.63) is 60.4 Å². The Bertz CT molecular complexity index is 581. The normalized spacial score (nSPS) is 12.9. The average Bonchev–Trinajstić information content (AvgIpc) is 2.70. The molecule has 0 spiro atoms. The topological polar surface area (TPSA) is 53.2 Å². The van der Waals surface area contributed by atoms with Gasteiger partial charge in [-0.25, -0.2) is 0 Å². The second-order valence-electron chi connectivity index (χ2n) is 7.48. The summed E-state index contributed by atoms with van der Waals surface area (Å²) in [5.74, 6) is 0. The molecule has 0 saturated heterocycles. The molecule has 0 aliphatic heterocycles. The Hall–Kier alpha value is -2.23. The molecule has 0 heterocycles. The number of carbonyl (C=O) groups excluding carboxylic acids is 1. The first-order chi connectivity index (χ1) is 13.5. The maximum atomic E-state index is 11.0. The van der Waals surface area contributed by atoms with Gasteiger partial charge in [0.2, 0.25) is 6.41 Å². The van der Waals surface area contributed by atoms with Crippen molar-refractivity contribution in [2.45, 2.75) is 83.8 Å². The van der Waals surface area contributed by atoms with Gasteiger partial charge in [-0.2, -0.15) is 0 Å². The van der Waals surface area contributed by atoms with Gasteiger partial charge in [-0.1, -0.05) is 70.7 Å². The highest BCUT2D eigenvalue weighted by Crippen LogP contribution is 2.14. The van der Waals surface area contributed by atoms with Crippen LogP contribution < -0.4 is 16.0 Å². The Labute approximate surface area is 171 Å². The highest BCUT2D eigenvalue weighted by molar-refractivity contribution is 5.46. The van der Waals surface area contributed by atoms with E-state index in [0.717, 1.165) is 62.7 Å². The summed E-state index contributed by atoms with van der Waals surface area (Å²) in [4.78, 5) is 11.0. The van der Waals surface area contributed by atoms with Crippen LogP contribution in [0, 0.1) is 0 Å². The van der Waals surface area contributed by atoms with Gasteiger partial charge in [-0.3, -0.25) is 4.79 Å². The minimum absolute atomic E-state index is 0.106. The summed E-state index contributed by atoms with van der Waals surface area (Å²) in [6.45, 7) is 15.1. The fraction of sp³-hybridized carbons (Fsp3) is 0.542. The number of rotatable bonds is 16. The van der Waals surface area contributed by atoms with E-state index in [1.54, 1.807) is 0 Å². The van der Waals surface area contributed by atoms with Crippen molar-refractivity contribution in [3.8, 4) is 0 Å². The summed E-state index contributed by atoms with van der Waals surface area (Å²) < 4.78 is 0. The van der Waals surface area contributed by atoms with Gasteiger partial charge in [-0.05, 0) is 44.1 Å². The first-order valence-electron chi connectivity index (χ1n) is 10.7. The van der Waals surface area contributed by atoms with Gasteiger partial charge in [-0.15, -0.1) is 0 Å². The molecule has 1 aromatic carbocycles. The quantitative estimate of drug-likeness (QED) is 0.362. The number of benzene rings is 1. The van der Waals surface area contributed by atoms with Crippen molar-refractivity contribution in [1.29, 1.82) is 0 Å². The number of hydrogen-bond donors (Lipinski definition) is 3. The Morgan fingerprint density at radius 3 is 2.25 bits per heavy atom. The third kappa shape index (κ3) is 9.12. The molecular formula is C24H39N3O. The van der Waals surface area contributed by atoms with E-state index in [1.807, 2.05) is 18.2 Å². The van der Waals surface area contributed by atoms with Crippen LogP contribution in [0.5, 0.6) is 0 Å². The molecule has 0 bridgehead atoms. The van der Waals surface area contributed by atoms with E-state index in [4.69, 9.17) is 0 Å². The second-order valence-corrected chi connectivity index (χ2v) is 7.48. The van der Waals surface area contributed by atoms with Crippen LogP contribution in [0.2, 0.25) is 0 Å². The molecule has 4 heteroatoms. The van der Waals surface area contributed by atoms with Crippen molar-refractivity contribution >= 4 is 6.41 Å². The lowest BCUT2D eigenvalue weighted by molar-refractivity contribution is -0.110. The zero-order valence-corrected chi connectivity index (χ0v) is 18.0. The third-order valence-electron chi connectivity index (χ3n) is 5.17. The Balaban J connectivity index is 2.57. The molecule has 1 amide bonds. The molecule has 156 valence electrons. The number of carbonyl (C=O) groups is 1. The van der Waals surface area contributed by atoms with Crippen LogP contribution in [0.4, 0.5) is 0 Å². The molecular weight excluding hydrogens is 346 g/mol. The van der Waals surface area contributed by atoms with Crippen molar-refractivity contribution in [2.75, 3.05) is 0 Å². The van der Waals surface area contributed by atoms with Crippen molar-refractivity contribution in [3.63, 3.8) is 0 Å². The molecule has 0 aliphatic carbocycles. The summed E-state index contributed by atoms with van der Waals surface area (Å²) in [5, 5.41) is 10.1. The predicted molar refractivity (Wildman–Crippen MR) is 120 cm³/mol. The van der Waals surface area contributed by atoms with Gasteiger partial charge >= 0.3 is 0 Å². The predicted octanol–water partition coefficient (Wildman–Crippen LogP) is 4.69. The van der Waals surface area contributed by atoms with Crippen LogP contribution in [0.3, 0.4) is 0 Å². The summed E-state index contributed by atoms with van der Waals surface area (Å²) >= 11 is 0. The van der Waals surface area contributed by atoms with Crippen molar-refractivity contribution in [1.82, 2.24) is 16.0 Å². The molecule has 3 N–H and O–H groups in total. The van der Waals surface area contributed by atoms with Gasteiger partial charge in [0.25, 0.3) is 0 Å². The van der Waals surface area contributed by atoms with E-state index >= 15 is 0 Å². The summed E-state index contributed by atoms with van der Waals surface area (Å²) in [5.41, 5.74) is 3.27. The molecule has 1 rings (SSSR count). The van der Waals surface area contributed by atoms with Crippen LogP contribution in [0.15, 0.2) is 54.9 Å². The molecule has 0 aliphatic rings. The van der Waals surface area contributed by atoms with E-state index in [9.17, 15) is 4.79 Å². The van der Waals surface area contributed by atoms with Crippen LogP contribution in [-0.4, -0.2) is 24.5 Å². The Morgan fingerprint density at radius 2 is 1.68 bits per heavy atom. The van der Waals surface area contributed by atoms with E-state index in [-0.39, 0.29) is 12.1 Å². The Morgan fingerprint density at radius 1 is 1.00 bits per heavy atom. The van der Waals surface area contributed by atoms with Crippen LogP contribution in [0.25, 0.3) is 0 Å². The molecule has 2 atom stereocenters. The molecule has 28 heavy (non-hydrogen) atoms. The van der Waals surface area contributed by atoms with Gasteiger partial charge in [0, 0.05) is 23.5 Å². The van der Waals surface area contributed by atoms with E-state index in [2.05, 4.69) is 62.0 Å². The highest BCUT2D eigenvalue weighted by atomic mass is 16.1. The monoisotopic (exact) mass is 385 g/mol. The lowest BCUT2D eigenvalue weighted by Crippen LogP contribution is -2.39. The smallest absolute Gasteiger partial charge is 0.207 e. The largest absolute Gasteiger partial charge is 0.384 e. The number of hydrogen-bond acceptors (Lipinski definition) is 3. The fourth-order valence-electron chi connectivity index (χ4n) is 3.38. The number of allylic oxidation sites excluding steroid dienone is 1. The van der Waals surface area contributed by atoms with E-state index in [1.165, 1.54) is 5.56 Å². The summed E-state index contributed by atoms with van der Waals surface area (Å²) in [7, 11) is 0. The maximum absolute atomic E-state index is 11.0. The standard InChI is InChI=1S/C24H39N3O/c1-6-12-24(20(5)27-22(7-2)8-3)26-19(4)15-16-23(25-18-28)17-21-13-10-9-11-14-21/h9-11,13-14,18,22-24,26-27H,4-8,12,15-17H2,1-3H3,(H,25,28). The van der Waals surface area contributed by atoms with Crippen molar-refractivity contribution in [2.24, 2.45) is 0 Å². The van der Waals surface area contributed by atoms with Gasteiger partial charge in [0.15, 0.2) is 0 Å². The molecule has 0 fully saturated rings. The van der Waals surface area contributed by atoms with Gasteiger partial charge in [0.05, 0.1) is 6.04 Å². The van der Waals surface area contributed by atoms with E-state index in [0.29, 0.717) is 6.04 Å².